The molecule has 1 aromatic rings. The average molecular weight is 293 g/mol. The second-order valence-electron chi connectivity index (χ2n) is 6.96. The Hall–Kier alpha value is -0.840. The predicted molar refractivity (Wildman–Crippen MR) is 87.2 cm³/mol. The SMILES string of the molecule is CC(C)CN(CCN(C)C)Cc1ccc(CNC2CC2)o1. The maximum absolute atomic E-state index is 5.96. The largest absolute Gasteiger partial charge is 0.463 e. The van der Waals surface area contributed by atoms with Crippen molar-refractivity contribution in [1.82, 2.24) is 15.1 Å². The van der Waals surface area contributed by atoms with Crippen molar-refractivity contribution in [2.24, 2.45) is 5.92 Å². The van der Waals surface area contributed by atoms with E-state index in [4.69, 9.17) is 4.42 Å². The van der Waals surface area contributed by atoms with E-state index in [2.05, 4.69) is 55.2 Å². The fourth-order valence-electron chi connectivity index (χ4n) is 2.45. The van der Waals surface area contributed by atoms with Crippen molar-refractivity contribution in [3.63, 3.8) is 0 Å². The first-order valence-corrected chi connectivity index (χ1v) is 8.21. The van der Waals surface area contributed by atoms with Gasteiger partial charge in [0.25, 0.3) is 0 Å². The third-order valence-corrected chi connectivity index (χ3v) is 3.73. The summed E-state index contributed by atoms with van der Waals surface area (Å²) in [6.45, 7) is 9.61. The van der Waals surface area contributed by atoms with Gasteiger partial charge in [0, 0.05) is 25.7 Å². The monoisotopic (exact) mass is 293 g/mol. The van der Waals surface area contributed by atoms with E-state index in [0.717, 1.165) is 50.3 Å². The molecule has 1 aliphatic carbocycles. The molecule has 1 heterocycles. The molecule has 0 bridgehead atoms. The van der Waals surface area contributed by atoms with Gasteiger partial charge in [-0.3, -0.25) is 4.90 Å². The van der Waals surface area contributed by atoms with Crippen molar-refractivity contribution in [3.05, 3.63) is 23.7 Å². The lowest BCUT2D eigenvalue weighted by Gasteiger charge is -2.24. The van der Waals surface area contributed by atoms with Crippen molar-refractivity contribution in [1.29, 1.82) is 0 Å². The van der Waals surface area contributed by atoms with Gasteiger partial charge in [-0.15, -0.1) is 0 Å². The van der Waals surface area contributed by atoms with Crippen LogP contribution < -0.4 is 5.32 Å². The summed E-state index contributed by atoms with van der Waals surface area (Å²) >= 11 is 0. The van der Waals surface area contributed by atoms with Crippen LogP contribution in [0.4, 0.5) is 0 Å². The quantitative estimate of drug-likeness (QED) is 0.718. The minimum atomic E-state index is 0.679. The molecule has 4 heteroatoms. The summed E-state index contributed by atoms with van der Waals surface area (Å²) < 4.78 is 5.96. The zero-order chi connectivity index (χ0) is 15.2. The van der Waals surface area contributed by atoms with E-state index >= 15 is 0 Å². The molecule has 0 spiro atoms. The van der Waals surface area contributed by atoms with Gasteiger partial charge in [0.15, 0.2) is 0 Å². The number of hydrogen-bond acceptors (Lipinski definition) is 4. The van der Waals surface area contributed by atoms with Gasteiger partial charge in [-0.05, 0) is 45.0 Å². The average Bonchev–Trinajstić information content (AvgIpc) is 3.13. The van der Waals surface area contributed by atoms with Gasteiger partial charge in [0.05, 0.1) is 13.1 Å². The van der Waals surface area contributed by atoms with Crippen LogP contribution in [-0.4, -0.2) is 49.6 Å². The molecule has 0 saturated heterocycles. The highest BCUT2D eigenvalue weighted by atomic mass is 16.3. The first-order chi connectivity index (χ1) is 10.0. The number of likely N-dealkylation sites (N-methyl/N-ethyl adjacent to an activating group) is 1. The molecule has 1 saturated carbocycles. The molecule has 0 aliphatic heterocycles. The lowest BCUT2D eigenvalue weighted by Crippen LogP contribution is -2.33. The first-order valence-electron chi connectivity index (χ1n) is 8.21. The number of nitrogens with zero attached hydrogens (tertiary/aromatic N) is 2. The summed E-state index contributed by atoms with van der Waals surface area (Å²) in [4.78, 5) is 4.72. The van der Waals surface area contributed by atoms with E-state index in [1.54, 1.807) is 0 Å². The Balaban J connectivity index is 1.82. The Bertz CT molecular complexity index is 410. The Labute approximate surface area is 129 Å². The van der Waals surface area contributed by atoms with E-state index in [1.807, 2.05) is 0 Å². The minimum absolute atomic E-state index is 0.679. The summed E-state index contributed by atoms with van der Waals surface area (Å²) in [5, 5.41) is 3.50. The van der Waals surface area contributed by atoms with Gasteiger partial charge >= 0.3 is 0 Å². The van der Waals surface area contributed by atoms with Crippen LogP contribution in [0.3, 0.4) is 0 Å². The normalized spacial score (nSPS) is 15.6. The molecule has 4 nitrogen and oxygen atoms in total. The first kappa shape index (κ1) is 16.5. The van der Waals surface area contributed by atoms with Gasteiger partial charge in [-0.2, -0.15) is 0 Å². The maximum atomic E-state index is 5.96. The minimum Gasteiger partial charge on any atom is -0.463 e. The van der Waals surface area contributed by atoms with Crippen molar-refractivity contribution >= 4 is 0 Å². The Morgan fingerprint density at radius 1 is 1.19 bits per heavy atom. The van der Waals surface area contributed by atoms with Crippen LogP contribution in [0.25, 0.3) is 0 Å². The zero-order valence-corrected chi connectivity index (χ0v) is 14.1. The second-order valence-corrected chi connectivity index (χ2v) is 6.96. The fourth-order valence-corrected chi connectivity index (χ4v) is 2.45. The maximum Gasteiger partial charge on any atom is 0.118 e. The van der Waals surface area contributed by atoms with Crippen LogP contribution in [0.2, 0.25) is 0 Å². The number of rotatable bonds is 10. The summed E-state index contributed by atoms with van der Waals surface area (Å²) in [7, 11) is 4.25. The molecular formula is C17H31N3O. The molecular weight excluding hydrogens is 262 g/mol. The van der Waals surface area contributed by atoms with Gasteiger partial charge in [-0.25, -0.2) is 0 Å². The molecule has 120 valence electrons. The summed E-state index contributed by atoms with van der Waals surface area (Å²) in [5.41, 5.74) is 0. The Kier molecular flexibility index (Phi) is 6.27. The van der Waals surface area contributed by atoms with E-state index in [1.165, 1.54) is 12.8 Å². The van der Waals surface area contributed by atoms with E-state index in [9.17, 15) is 0 Å². The number of hydrogen-bond donors (Lipinski definition) is 1. The molecule has 0 radical (unpaired) electrons. The van der Waals surface area contributed by atoms with Crippen LogP contribution >= 0.6 is 0 Å². The van der Waals surface area contributed by atoms with Gasteiger partial charge < -0.3 is 14.6 Å². The molecule has 1 aliphatic rings. The lowest BCUT2D eigenvalue weighted by molar-refractivity contribution is 0.196. The molecule has 1 aromatic heterocycles. The molecule has 1 fully saturated rings. The van der Waals surface area contributed by atoms with Crippen LogP contribution in [0.1, 0.15) is 38.2 Å². The van der Waals surface area contributed by atoms with Gasteiger partial charge in [0.2, 0.25) is 0 Å². The number of furan rings is 1. The third-order valence-electron chi connectivity index (χ3n) is 3.73. The van der Waals surface area contributed by atoms with Crippen LogP contribution in [-0.2, 0) is 13.1 Å². The second kappa shape index (κ2) is 7.97. The smallest absolute Gasteiger partial charge is 0.118 e. The highest BCUT2D eigenvalue weighted by molar-refractivity contribution is 5.07. The summed E-state index contributed by atoms with van der Waals surface area (Å²) in [6, 6.07) is 4.98. The predicted octanol–water partition coefficient (Wildman–Crippen LogP) is 2.55. The summed E-state index contributed by atoms with van der Waals surface area (Å²) in [6.07, 6.45) is 2.64. The molecule has 0 aromatic carbocycles. The summed E-state index contributed by atoms with van der Waals surface area (Å²) in [5.74, 6) is 2.83. The van der Waals surface area contributed by atoms with Gasteiger partial charge in [-0.1, -0.05) is 13.8 Å². The molecule has 21 heavy (non-hydrogen) atoms. The zero-order valence-electron chi connectivity index (χ0n) is 14.1. The molecule has 2 rings (SSSR count). The van der Waals surface area contributed by atoms with Gasteiger partial charge in [0.1, 0.15) is 11.5 Å². The standard InChI is InChI=1S/C17H31N3O/c1-14(2)12-20(10-9-19(3)4)13-17-8-7-16(21-17)11-18-15-5-6-15/h7-8,14-15,18H,5-6,9-13H2,1-4H3. The number of nitrogens with one attached hydrogen (secondary N) is 1. The Morgan fingerprint density at radius 2 is 1.90 bits per heavy atom. The van der Waals surface area contributed by atoms with Crippen molar-refractivity contribution in [2.75, 3.05) is 33.7 Å². The molecule has 1 N–H and O–H groups in total. The van der Waals surface area contributed by atoms with Crippen LogP contribution in [0.15, 0.2) is 16.5 Å². The van der Waals surface area contributed by atoms with Crippen molar-refractivity contribution < 1.29 is 4.42 Å². The lowest BCUT2D eigenvalue weighted by atomic mass is 10.2. The van der Waals surface area contributed by atoms with Crippen LogP contribution in [0.5, 0.6) is 0 Å². The molecule has 0 amide bonds. The van der Waals surface area contributed by atoms with Crippen LogP contribution in [0, 0.1) is 5.92 Å². The molecule has 0 atom stereocenters. The Morgan fingerprint density at radius 3 is 2.52 bits per heavy atom. The molecule has 0 unspecified atom stereocenters. The highest BCUT2D eigenvalue weighted by Crippen LogP contribution is 2.20. The van der Waals surface area contributed by atoms with E-state index < -0.39 is 0 Å². The van der Waals surface area contributed by atoms with E-state index in [0.29, 0.717) is 5.92 Å². The fraction of sp³-hybridized carbons (Fsp3) is 0.765. The third kappa shape index (κ3) is 6.64. The van der Waals surface area contributed by atoms with Crippen molar-refractivity contribution in [2.45, 2.75) is 45.8 Å². The van der Waals surface area contributed by atoms with Crippen molar-refractivity contribution in [3.8, 4) is 0 Å². The highest BCUT2D eigenvalue weighted by Gasteiger charge is 2.20. The topological polar surface area (TPSA) is 31.6 Å². The van der Waals surface area contributed by atoms with E-state index in [-0.39, 0.29) is 0 Å².